The molecule has 4 aliphatic heterocycles. The summed E-state index contributed by atoms with van der Waals surface area (Å²) in [7, 11) is 0. The number of hydrogen-bond acceptors (Lipinski definition) is 18. The van der Waals surface area contributed by atoms with Crippen LogP contribution in [0, 0.1) is 5.92 Å². The largest absolute Gasteiger partial charge is 1.00 e. The third-order valence-electron chi connectivity index (χ3n) is 17.2. The number of ketones is 1. The molecule has 1 spiro atoms. The summed E-state index contributed by atoms with van der Waals surface area (Å²) < 4.78 is 23.4. The number of esters is 2. The standard InChI is InChI=1S/2C20H12O5.C20H14O4.C20H16O4.2Na/c21-11-5-7-15-17(9-11)24-18-10-12(22)6-8-16(18)20(15)14-4-2-1-3-13(14)19(23)25-20;21-11-5-7-15-17(9-11)25-18-10-12(22)6-8-16(18)19(15)13-3-1-2-4-14(13)20(23)24;21-15-9-5-13(6-10-15)20(14-7-11-16(22)12-8-14)18-4-2-1-3-17(18)19(23)24-20;21-15-9-5-13(6-10-15)19(14-7-11-16(22)12-8-14)17-3-1-2-4-18(17)20(23)24;;/h1-10,21-22H;1-10,21H,(H,23,24);1-12,21-22H;1-13,19,22H,(H,23,24);;/q;;;;2*+1/p-2. The van der Waals surface area contributed by atoms with Gasteiger partial charge in [0.1, 0.15) is 57.3 Å². The van der Waals surface area contributed by atoms with Gasteiger partial charge in [-0.05, 0) is 126 Å². The van der Waals surface area contributed by atoms with Gasteiger partial charge in [0.25, 0.3) is 0 Å². The molecule has 0 saturated heterocycles. The number of aromatic carboxylic acids is 2. The normalized spacial score (nSPS) is 14.0. The molecule has 10 aromatic rings. The molecule has 2 aliphatic carbocycles. The van der Waals surface area contributed by atoms with Crippen molar-refractivity contribution in [3.63, 3.8) is 0 Å². The molecule has 20 heteroatoms. The van der Waals surface area contributed by atoms with Gasteiger partial charge in [0.05, 0.1) is 23.1 Å². The van der Waals surface area contributed by atoms with Crippen LogP contribution in [0.3, 0.4) is 0 Å². The van der Waals surface area contributed by atoms with E-state index >= 15 is 0 Å². The zero-order chi connectivity index (χ0) is 68.6. The van der Waals surface area contributed by atoms with Crippen molar-refractivity contribution in [2.45, 2.75) is 17.1 Å². The van der Waals surface area contributed by atoms with Gasteiger partial charge in [0.15, 0.2) is 22.4 Å². The van der Waals surface area contributed by atoms with Gasteiger partial charge in [-0.1, -0.05) is 133 Å². The number of phenols is 6. The van der Waals surface area contributed by atoms with Crippen LogP contribution in [0.1, 0.15) is 91.9 Å². The fraction of sp³-hybridized carbons (Fsp3) is 0.0500. The number of phenolic OH excluding ortho intramolecular Hbond substituents is 6. The molecule has 0 amide bonds. The summed E-state index contributed by atoms with van der Waals surface area (Å²) in [5.41, 5.74) is 6.28. The molecule has 100 heavy (non-hydrogen) atoms. The summed E-state index contributed by atoms with van der Waals surface area (Å²) in [5, 5.41) is 81.8. The van der Waals surface area contributed by atoms with E-state index in [-0.39, 0.29) is 128 Å². The number of fused-ring (bicyclic) bond motifs is 9. The van der Waals surface area contributed by atoms with Crippen molar-refractivity contribution < 1.29 is 143 Å². The molecular weight excluding hydrogens is 1290 g/mol. The number of allylic oxidation sites excluding steroid dienone is 4. The number of ether oxygens (including phenoxy) is 3. The zero-order valence-electron chi connectivity index (χ0n) is 53.1. The van der Waals surface area contributed by atoms with Crippen molar-refractivity contribution >= 4 is 40.6 Å². The van der Waals surface area contributed by atoms with Gasteiger partial charge in [0, 0.05) is 97.1 Å². The molecule has 0 aromatic heterocycles. The third-order valence-corrected chi connectivity index (χ3v) is 17.2. The number of carboxylic acid groups (broad SMARTS) is 2. The summed E-state index contributed by atoms with van der Waals surface area (Å²) in [6.45, 7) is 0. The molecule has 18 nitrogen and oxygen atoms in total. The second kappa shape index (κ2) is 28.9. The average Bonchev–Trinajstić information content (AvgIpc) is 1.51. The molecule has 482 valence electrons. The first kappa shape index (κ1) is 69.9. The first-order valence-corrected chi connectivity index (χ1v) is 30.4. The van der Waals surface area contributed by atoms with E-state index in [0.29, 0.717) is 78.3 Å². The number of carboxylic acids is 2. The minimum Gasteiger partial charge on any atom is -0.545 e. The molecule has 0 radical (unpaired) electrons. The Hall–Kier alpha value is -11.5. The van der Waals surface area contributed by atoms with Gasteiger partial charge >= 0.3 is 71.1 Å². The maximum Gasteiger partial charge on any atom is 1.00 e. The molecule has 6 N–H and O–H groups in total. The fourth-order valence-electron chi connectivity index (χ4n) is 12.9. The second-order valence-corrected chi connectivity index (χ2v) is 23.1. The van der Waals surface area contributed by atoms with Crippen LogP contribution >= 0.6 is 0 Å². The number of carbonyl (C=O) groups excluding carboxylic acids is 5. The minimum absolute atomic E-state index is 0. The SMILES string of the molecule is O=C([O-])c1ccccc1-c1c2ccc(=O)cc-2oc2cc(O)ccc12.O=C1C=CC(C(c2ccc(O)cc2)c2ccccc2C(=O)[O-])C=C1.O=C1OC(c2ccc(O)cc2)(c2ccc(O)cc2)c2ccccc21.O=C1OC2(c3ccc(O)cc3Oc3cc(O)ccc32)c2ccccc21.[Na+].[Na+]. The first-order chi connectivity index (χ1) is 47.3. The van der Waals surface area contributed by atoms with Crippen LogP contribution in [0.15, 0.2) is 276 Å². The quantitative estimate of drug-likeness (QED) is 0.0571. The maximum atomic E-state index is 12.5. The molecular formula is C80H52Na2O18. The Labute approximate surface area is 613 Å². The van der Waals surface area contributed by atoms with Crippen LogP contribution in [-0.4, -0.2) is 60.3 Å². The molecule has 1 atom stereocenters. The van der Waals surface area contributed by atoms with Crippen LogP contribution in [0.25, 0.3) is 33.4 Å². The maximum absolute atomic E-state index is 12.5. The van der Waals surface area contributed by atoms with E-state index in [4.69, 9.17) is 18.6 Å². The van der Waals surface area contributed by atoms with E-state index in [9.17, 15) is 69.6 Å². The summed E-state index contributed by atoms with van der Waals surface area (Å²) in [5.74, 6) is -2.37. The van der Waals surface area contributed by atoms with E-state index in [1.165, 1.54) is 72.8 Å². The van der Waals surface area contributed by atoms with Gasteiger partial charge in [0.2, 0.25) is 0 Å². The van der Waals surface area contributed by atoms with Gasteiger partial charge in [-0.15, -0.1) is 0 Å². The second-order valence-electron chi connectivity index (χ2n) is 23.1. The molecule has 4 heterocycles. The summed E-state index contributed by atoms with van der Waals surface area (Å²) in [4.78, 5) is 71.1. The van der Waals surface area contributed by atoms with Crippen LogP contribution in [0.4, 0.5) is 0 Å². The van der Waals surface area contributed by atoms with Gasteiger partial charge in [-0.3, -0.25) is 9.59 Å². The Morgan fingerprint density at radius 2 is 0.870 bits per heavy atom. The van der Waals surface area contributed by atoms with Crippen molar-refractivity contribution in [2.24, 2.45) is 5.92 Å². The van der Waals surface area contributed by atoms with Crippen LogP contribution < -0.4 is 79.5 Å². The van der Waals surface area contributed by atoms with Crippen molar-refractivity contribution in [1.82, 2.24) is 0 Å². The monoisotopic (exact) mass is 1350 g/mol. The Morgan fingerprint density at radius 3 is 1.42 bits per heavy atom. The van der Waals surface area contributed by atoms with E-state index in [0.717, 1.165) is 22.3 Å². The number of hydrogen-bond donors (Lipinski definition) is 6. The zero-order valence-corrected chi connectivity index (χ0v) is 57.1. The van der Waals surface area contributed by atoms with Gasteiger partial charge in [-0.2, -0.15) is 0 Å². The first-order valence-electron chi connectivity index (χ1n) is 30.4. The van der Waals surface area contributed by atoms with Crippen molar-refractivity contribution in [1.29, 1.82) is 0 Å². The number of rotatable bonds is 8. The Morgan fingerprint density at radius 1 is 0.420 bits per heavy atom. The summed E-state index contributed by atoms with van der Waals surface area (Å²) in [6.07, 6.45) is 6.51. The number of aromatic hydroxyl groups is 6. The van der Waals surface area contributed by atoms with Gasteiger partial charge < -0.3 is 69.1 Å². The van der Waals surface area contributed by atoms with Crippen molar-refractivity contribution in [2.75, 3.05) is 0 Å². The average molecular weight is 1350 g/mol. The predicted molar refractivity (Wildman–Crippen MR) is 354 cm³/mol. The third kappa shape index (κ3) is 13.3. The van der Waals surface area contributed by atoms with E-state index < -0.39 is 35.1 Å². The molecule has 16 rings (SSSR count). The molecule has 6 aliphatic rings. The van der Waals surface area contributed by atoms with Crippen molar-refractivity contribution in [3.05, 3.63) is 344 Å². The Bertz CT molecular complexity index is 5160. The molecule has 10 aromatic carbocycles. The molecule has 0 bridgehead atoms. The molecule has 0 fully saturated rings. The van der Waals surface area contributed by atoms with E-state index in [1.807, 2.05) is 24.3 Å². The number of carbonyl (C=O) groups is 5. The number of benzene rings is 11. The Kier molecular flexibility index (Phi) is 20.2. The van der Waals surface area contributed by atoms with E-state index in [2.05, 4.69) is 0 Å². The van der Waals surface area contributed by atoms with E-state index in [1.54, 1.807) is 170 Å². The van der Waals surface area contributed by atoms with Crippen molar-refractivity contribution in [3.8, 4) is 68.4 Å². The molecule has 1 unspecified atom stereocenters. The van der Waals surface area contributed by atoms with Crippen LogP contribution in [0.2, 0.25) is 0 Å². The predicted octanol–water partition coefficient (Wildman–Crippen LogP) is 6.07. The van der Waals surface area contributed by atoms with Crippen LogP contribution in [-0.2, 0) is 25.5 Å². The minimum atomic E-state index is -1.29. The van der Waals surface area contributed by atoms with Crippen LogP contribution in [0.5, 0.6) is 46.0 Å². The topological polar surface area (TPSA) is 311 Å². The number of cyclic esters (lactones) is 1. The summed E-state index contributed by atoms with van der Waals surface area (Å²) >= 11 is 0. The fourth-order valence-corrected chi connectivity index (χ4v) is 12.9. The van der Waals surface area contributed by atoms with Gasteiger partial charge in [-0.25, -0.2) is 9.59 Å². The Balaban J connectivity index is 0.000000134. The smallest absolute Gasteiger partial charge is 0.545 e. The summed E-state index contributed by atoms with van der Waals surface area (Å²) in [6, 6.07) is 65.8. The molecule has 0 saturated carbocycles.